The van der Waals surface area contributed by atoms with Crippen LogP contribution in [0.2, 0.25) is 5.02 Å². The van der Waals surface area contributed by atoms with E-state index >= 15 is 0 Å². The van der Waals surface area contributed by atoms with Crippen molar-refractivity contribution < 1.29 is 38.5 Å². The van der Waals surface area contributed by atoms with Gasteiger partial charge in [0.1, 0.15) is 17.9 Å². The van der Waals surface area contributed by atoms with Gasteiger partial charge in [0.15, 0.2) is 6.10 Å². The highest BCUT2D eigenvalue weighted by atomic mass is 35.5. The van der Waals surface area contributed by atoms with Crippen LogP contribution in [0.4, 0.5) is 0 Å². The fourth-order valence-corrected chi connectivity index (χ4v) is 5.26. The summed E-state index contributed by atoms with van der Waals surface area (Å²) in [7, 11) is 1.49. The Kier molecular flexibility index (Phi) is 14.1. The second-order valence-electron chi connectivity index (χ2n) is 12.2. The fraction of sp³-hybridized carbons (Fsp3) is 0.486. The lowest BCUT2D eigenvalue weighted by atomic mass is 9.95. The smallest absolute Gasteiger partial charge is 0.347 e. The van der Waals surface area contributed by atoms with E-state index in [1.54, 1.807) is 25.1 Å². The Morgan fingerprint density at radius 3 is 2.41 bits per heavy atom. The number of methoxy groups -OCH3 is 1. The molecule has 0 unspecified atom stereocenters. The maximum absolute atomic E-state index is 13.4. The Balaban J connectivity index is 1.89. The lowest BCUT2D eigenvalue weighted by Gasteiger charge is -2.28. The Hall–Kier alpha value is -3.89. The first-order chi connectivity index (χ1) is 21.9. The number of hydrogen-bond acceptors (Lipinski definition) is 8. The molecule has 0 aliphatic carbocycles. The van der Waals surface area contributed by atoms with E-state index in [0.29, 0.717) is 16.3 Å². The van der Waals surface area contributed by atoms with Crippen molar-refractivity contribution in [1.29, 1.82) is 0 Å². The highest BCUT2D eigenvalue weighted by Gasteiger charge is 2.33. The molecule has 1 fully saturated rings. The molecule has 0 aromatic heterocycles. The molecule has 3 N–H and O–H groups in total. The molecule has 250 valence electrons. The number of aliphatic hydroxyl groups excluding tert-OH is 1. The van der Waals surface area contributed by atoms with Gasteiger partial charge in [-0.3, -0.25) is 14.4 Å². The largest absolute Gasteiger partial charge is 0.495 e. The van der Waals surface area contributed by atoms with Crippen LogP contribution in [-0.4, -0.2) is 66.9 Å². The summed E-state index contributed by atoms with van der Waals surface area (Å²) in [6.45, 7) is 7.11. The van der Waals surface area contributed by atoms with Crippen molar-refractivity contribution in [2.45, 2.75) is 77.7 Å². The average molecular weight is 657 g/mol. The van der Waals surface area contributed by atoms with Crippen molar-refractivity contribution in [2.24, 2.45) is 17.8 Å². The number of aliphatic hydroxyl groups is 1. The summed E-state index contributed by atoms with van der Waals surface area (Å²) in [6.07, 6.45) is 0.441. The molecule has 2 aromatic carbocycles. The predicted octanol–water partition coefficient (Wildman–Crippen LogP) is 4.50. The molecule has 11 heteroatoms. The van der Waals surface area contributed by atoms with Crippen LogP contribution in [0.25, 0.3) is 6.08 Å². The number of benzene rings is 2. The van der Waals surface area contributed by atoms with Gasteiger partial charge < -0.3 is 30.0 Å². The van der Waals surface area contributed by atoms with Crippen LogP contribution in [0.3, 0.4) is 0 Å². The highest BCUT2D eigenvalue weighted by Crippen LogP contribution is 2.26. The number of esters is 2. The number of cyclic esters (lactones) is 2. The zero-order valence-corrected chi connectivity index (χ0v) is 27.8. The minimum atomic E-state index is -1.21. The van der Waals surface area contributed by atoms with Crippen LogP contribution in [0.5, 0.6) is 5.75 Å². The van der Waals surface area contributed by atoms with Crippen LogP contribution >= 0.6 is 11.6 Å². The first-order valence-corrected chi connectivity index (χ1v) is 16.0. The molecule has 0 radical (unpaired) electrons. The Bertz CT molecular complexity index is 1370. The van der Waals surface area contributed by atoms with Gasteiger partial charge in [-0.2, -0.15) is 0 Å². The molecule has 46 heavy (non-hydrogen) atoms. The second-order valence-corrected chi connectivity index (χ2v) is 12.6. The minimum absolute atomic E-state index is 0.00121. The summed E-state index contributed by atoms with van der Waals surface area (Å²) in [5.41, 5.74) is 1.60. The number of rotatable bonds is 8. The van der Waals surface area contributed by atoms with E-state index in [0.717, 1.165) is 5.56 Å². The number of carbonyl (C=O) groups excluding carboxylic acids is 4. The third kappa shape index (κ3) is 11.5. The Morgan fingerprint density at radius 2 is 1.76 bits per heavy atom. The van der Waals surface area contributed by atoms with Crippen molar-refractivity contribution in [3.8, 4) is 5.75 Å². The monoisotopic (exact) mass is 656 g/mol. The summed E-state index contributed by atoms with van der Waals surface area (Å²) in [5, 5.41) is 16.8. The van der Waals surface area contributed by atoms with Crippen molar-refractivity contribution in [2.75, 3.05) is 13.7 Å². The van der Waals surface area contributed by atoms with Crippen molar-refractivity contribution >= 4 is 41.4 Å². The van der Waals surface area contributed by atoms with Crippen LogP contribution in [-0.2, 0) is 35.1 Å². The Morgan fingerprint density at radius 1 is 1.04 bits per heavy atom. The van der Waals surface area contributed by atoms with Crippen molar-refractivity contribution in [3.05, 3.63) is 70.8 Å². The summed E-state index contributed by atoms with van der Waals surface area (Å²) in [6, 6.07) is 13.6. The normalized spacial score (nSPS) is 24.6. The third-order valence-corrected chi connectivity index (χ3v) is 7.97. The topological polar surface area (TPSA) is 140 Å². The molecule has 10 nitrogen and oxygen atoms in total. The number of hydrogen-bond donors (Lipinski definition) is 3. The molecule has 1 aliphatic rings. The van der Waals surface area contributed by atoms with E-state index < -0.39 is 54.0 Å². The number of ether oxygens (including phenoxy) is 3. The lowest BCUT2D eigenvalue weighted by molar-refractivity contribution is -0.176. The van der Waals surface area contributed by atoms with Crippen LogP contribution in [0.15, 0.2) is 54.6 Å². The number of nitrogens with one attached hydrogen (secondary N) is 2. The number of halogens is 1. The van der Waals surface area contributed by atoms with Gasteiger partial charge in [-0.05, 0) is 35.6 Å². The van der Waals surface area contributed by atoms with E-state index in [1.165, 1.54) is 7.11 Å². The van der Waals surface area contributed by atoms with E-state index in [1.807, 2.05) is 63.3 Å². The predicted molar refractivity (Wildman–Crippen MR) is 175 cm³/mol. The maximum atomic E-state index is 13.4. The van der Waals surface area contributed by atoms with Crippen LogP contribution in [0, 0.1) is 17.8 Å². The molecule has 0 spiro atoms. The molecule has 1 heterocycles. The van der Waals surface area contributed by atoms with Gasteiger partial charge in [0.2, 0.25) is 11.8 Å². The number of carbonyl (C=O) groups is 4. The summed E-state index contributed by atoms with van der Waals surface area (Å²) < 4.78 is 16.7. The van der Waals surface area contributed by atoms with Crippen molar-refractivity contribution in [1.82, 2.24) is 10.6 Å². The van der Waals surface area contributed by atoms with Crippen LogP contribution < -0.4 is 15.4 Å². The van der Waals surface area contributed by atoms with Gasteiger partial charge >= 0.3 is 11.9 Å². The first-order valence-electron chi connectivity index (χ1n) is 15.6. The maximum Gasteiger partial charge on any atom is 0.347 e. The van der Waals surface area contributed by atoms with Gasteiger partial charge in [-0.1, -0.05) is 87.8 Å². The van der Waals surface area contributed by atoms with E-state index in [9.17, 15) is 24.3 Å². The standard InChI is InChI=1S/C35H45ClN2O8/c1-21(2)15-31-35(43)45-30(22(3)11-12-24-9-7-6-8-10-24)18-26(39)19-32(40)38-28(33(41)37-20-23(4)34(42)46-31)17-25-13-14-29(44-5)27(36)16-25/h6-14,16,21-23,26,28,30-31,39H,15,17-20H2,1-5H3,(H,37,41)(H,38,40)/b12-11+/t22-,23-,26-,28+,30+,31+/m1/s1. The van der Waals surface area contributed by atoms with Crippen LogP contribution in [0.1, 0.15) is 58.1 Å². The average Bonchev–Trinajstić information content (AvgIpc) is 3.01. The zero-order chi connectivity index (χ0) is 33.8. The van der Waals surface area contributed by atoms with Gasteiger partial charge in [-0.25, -0.2) is 4.79 Å². The fourth-order valence-electron chi connectivity index (χ4n) is 4.98. The molecule has 3 rings (SSSR count). The summed E-state index contributed by atoms with van der Waals surface area (Å²) >= 11 is 6.29. The zero-order valence-electron chi connectivity index (χ0n) is 27.0. The van der Waals surface area contributed by atoms with E-state index in [4.69, 9.17) is 25.8 Å². The van der Waals surface area contributed by atoms with Gasteiger partial charge in [0, 0.05) is 25.3 Å². The molecule has 2 amide bonds. The molecule has 0 saturated carbocycles. The molecule has 0 bridgehead atoms. The van der Waals surface area contributed by atoms with E-state index in [2.05, 4.69) is 10.6 Å². The quantitative estimate of drug-likeness (QED) is 0.353. The molecular formula is C35H45ClN2O8. The molecule has 2 aromatic rings. The summed E-state index contributed by atoms with van der Waals surface area (Å²) in [5.74, 6) is -3.20. The minimum Gasteiger partial charge on any atom is -0.495 e. The summed E-state index contributed by atoms with van der Waals surface area (Å²) in [4.78, 5) is 52.9. The molecule has 6 atom stereocenters. The van der Waals surface area contributed by atoms with Gasteiger partial charge in [-0.15, -0.1) is 0 Å². The Labute approximate surface area is 275 Å². The first kappa shape index (κ1) is 36.6. The third-order valence-electron chi connectivity index (χ3n) is 7.67. The highest BCUT2D eigenvalue weighted by molar-refractivity contribution is 6.32. The second kappa shape index (κ2) is 17.7. The molecular weight excluding hydrogens is 612 g/mol. The molecule has 1 aliphatic heterocycles. The van der Waals surface area contributed by atoms with Gasteiger partial charge in [0.25, 0.3) is 0 Å². The van der Waals surface area contributed by atoms with Gasteiger partial charge in [0.05, 0.1) is 30.6 Å². The molecule has 1 saturated heterocycles. The lowest BCUT2D eigenvalue weighted by Crippen LogP contribution is -2.50. The van der Waals surface area contributed by atoms with E-state index in [-0.39, 0.29) is 44.1 Å². The van der Waals surface area contributed by atoms with Crippen molar-refractivity contribution in [3.63, 3.8) is 0 Å². The number of amides is 2. The SMILES string of the molecule is COc1ccc(C[C@@H]2NC(=O)C[C@H](O)C[C@@H]([C@H](C)/C=C/c3ccccc3)OC(=O)[C@H](CC(C)C)OC(=O)[C@H](C)CNC2=O)cc1Cl.